The molecule has 0 amide bonds. The molecule has 22 heavy (non-hydrogen) atoms. The minimum atomic E-state index is -0.299. The number of alkyl halides is 1. The van der Waals surface area contributed by atoms with E-state index in [-0.39, 0.29) is 10.6 Å². The molecule has 0 aliphatic heterocycles. The summed E-state index contributed by atoms with van der Waals surface area (Å²) in [6.07, 6.45) is 2.17. The molecule has 1 nitrogen and oxygen atoms in total. The van der Waals surface area contributed by atoms with Crippen molar-refractivity contribution in [3.05, 3.63) is 82.9 Å². The summed E-state index contributed by atoms with van der Waals surface area (Å²) < 4.78 is 0. The fraction of sp³-hybridized carbons (Fsp3) is 0.150. The predicted molar refractivity (Wildman–Crippen MR) is 93.8 cm³/mol. The van der Waals surface area contributed by atoms with E-state index in [2.05, 4.69) is 40.2 Å². The number of aryl methyl sites for hydroxylation is 2. The van der Waals surface area contributed by atoms with E-state index >= 15 is 0 Å². The van der Waals surface area contributed by atoms with Gasteiger partial charge in [0.2, 0.25) is 0 Å². The third-order valence-electron chi connectivity index (χ3n) is 4.46. The maximum Gasteiger partial charge on any atom is 0.181 e. The average Bonchev–Trinajstić information content (AvgIpc) is 3.00. The highest BCUT2D eigenvalue weighted by Crippen LogP contribution is 2.36. The fourth-order valence-corrected chi connectivity index (χ4v) is 3.92. The number of carbonyl (C=O) groups excluding carboxylic acids is 1. The number of benzene rings is 3. The predicted octanol–water partition coefficient (Wildman–Crippen LogP) is 5.26. The summed E-state index contributed by atoms with van der Waals surface area (Å²) in [5.74, 6) is 0.127. The van der Waals surface area contributed by atoms with Crippen LogP contribution in [0, 0.1) is 0 Å². The molecule has 3 aromatic rings. The van der Waals surface area contributed by atoms with Crippen molar-refractivity contribution in [1.29, 1.82) is 0 Å². The molecule has 0 saturated heterocycles. The van der Waals surface area contributed by atoms with Crippen molar-refractivity contribution in [2.24, 2.45) is 0 Å². The molecule has 0 saturated carbocycles. The van der Waals surface area contributed by atoms with E-state index in [0.717, 1.165) is 29.4 Å². The topological polar surface area (TPSA) is 17.1 Å². The van der Waals surface area contributed by atoms with Gasteiger partial charge in [0.25, 0.3) is 0 Å². The highest BCUT2D eigenvalue weighted by atomic mass is 79.9. The Labute approximate surface area is 138 Å². The highest BCUT2D eigenvalue weighted by Gasteiger charge is 2.23. The second-order valence-electron chi connectivity index (χ2n) is 5.75. The fourth-order valence-electron chi connectivity index (χ4n) is 3.37. The first kappa shape index (κ1) is 13.7. The van der Waals surface area contributed by atoms with Gasteiger partial charge in [0.1, 0.15) is 4.83 Å². The zero-order valence-corrected chi connectivity index (χ0v) is 13.6. The molecular weight excluding hydrogens is 336 g/mol. The Morgan fingerprint density at radius 2 is 1.59 bits per heavy atom. The molecule has 0 radical (unpaired) electrons. The van der Waals surface area contributed by atoms with Crippen LogP contribution in [-0.4, -0.2) is 5.78 Å². The number of halogens is 1. The summed E-state index contributed by atoms with van der Waals surface area (Å²) in [7, 11) is 0. The van der Waals surface area contributed by atoms with Crippen molar-refractivity contribution in [3.63, 3.8) is 0 Å². The molecule has 3 aromatic carbocycles. The Balaban J connectivity index is 1.84. The maximum atomic E-state index is 13.0. The highest BCUT2D eigenvalue weighted by molar-refractivity contribution is 9.09. The van der Waals surface area contributed by atoms with Crippen molar-refractivity contribution in [2.75, 3.05) is 0 Å². The van der Waals surface area contributed by atoms with Gasteiger partial charge >= 0.3 is 0 Å². The number of rotatable bonds is 3. The van der Waals surface area contributed by atoms with Crippen LogP contribution < -0.4 is 0 Å². The molecular formula is C20H15BrO. The smallest absolute Gasteiger partial charge is 0.181 e. The lowest BCUT2D eigenvalue weighted by Crippen LogP contribution is -2.08. The SMILES string of the molecule is O=C(c1ccc2c3c(cccc13)CC2)[C@@H](Br)c1ccccc1. The number of ketones is 1. The van der Waals surface area contributed by atoms with Crippen LogP contribution in [0.3, 0.4) is 0 Å². The molecule has 0 fully saturated rings. The van der Waals surface area contributed by atoms with Gasteiger partial charge in [0.05, 0.1) is 0 Å². The molecule has 1 atom stereocenters. The molecule has 0 unspecified atom stereocenters. The molecule has 2 heteroatoms. The summed E-state index contributed by atoms with van der Waals surface area (Å²) >= 11 is 3.58. The standard InChI is InChI=1S/C20H15BrO/c21-19(15-5-2-1-3-6-15)20(22)17-12-11-14-10-9-13-7-4-8-16(17)18(13)14/h1-8,11-12,19H,9-10H2/t19-/m0/s1. The van der Waals surface area contributed by atoms with Crippen LogP contribution in [0.2, 0.25) is 0 Å². The van der Waals surface area contributed by atoms with Crippen molar-refractivity contribution in [2.45, 2.75) is 17.7 Å². The van der Waals surface area contributed by atoms with E-state index in [1.165, 1.54) is 16.5 Å². The zero-order valence-electron chi connectivity index (χ0n) is 12.1. The first-order valence-electron chi connectivity index (χ1n) is 7.52. The third-order valence-corrected chi connectivity index (χ3v) is 5.41. The lowest BCUT2D eigenvalue weighted by molar-refractivity contribution is 0.0993. The lowest BCUT2D eigenvalue weighted by Gasteiger charge is -2.12. The first-order valence-corrected chi connectivity index (χ1v) is 8.44. The Kier molecular flexibility index (Phi) is 3.34. The summed E-state index contributed by atoms with van der Waals surface area (Å²) in [4.78, 5) is 12.7. The number of Topliss-reactive ketones (excluding diaryl/α,β-unsaturated/α-hetero) is 1. The largest absolute Gasteiger partial charge is 0.293 e. The minimum absolute atomic E-state index is 0.127. The molecule has 0 N–H and O–H groups in total. The van der Waals surface area contributed by atoms with Crippen LogP contribution in [0.25, 0.3) is 10.8 Å². The molecule has 108 valence electrons. The zero-order chi connectivity index (χ0) is 15.1. The van der Waals surface area contributed by atoms with Gasteiger partial charge in [0, 0.05) is 5.56 Å². The van der Waals surface area contributed by atoms with E-state index in [0.29, 0.717) is 0 Å². The van der Waals surface area contributed by atoms with Gasteiger partial charge < -0.3 is 0 Å². The van der Waals surface area contributed by atoms with Crippen molar-refractivity contribution >= 4 is 32.5 Å². The number of hydrogen-bond acceptors (Lipinski definition) is 1. The van der Waals surface area contributed by atoms with Crippen molar-refractivity contribution in [1.82, 2.24) is 0 Å². The monoisotopic (exact) mass is 350 g/mol. The molecule has 1 aliphatic rings. The van der Waals surface area contributed by atoms with Gasteiger partial charge in [-0.25, -0.2) is 0 Å². The van der Waals surface area contributed by atoms with E-state index in [4.69, 9.17) is 0 Å². The number of hydrogen-bond donors (Lipinski definition) is 0. The Bertz CT molecular complexity index is 857. The quantitative estimate of drug-likeness (QED) is 0.465. The van der Waals surface area contributed by atoms with Gasteiger partial charge in [-0.3, -0.25) is 4.79 Å². The molecule has 0 heterocycles. The molecule has 1 aliphatic carbocycles. The van der Waals surface area contributed by atoms with Gasteiger partial charge in [-0.2, -0.15) is 0 Å². The molecule has 0 bridgehead atoms. The van der Waals surface area contributed by atoms with Gasteiger partial charge in [-0.1, -0.05) is 76.6 Å². The Morgan fingerprint density at radius 3 is 2.36 bits per heavy atom. The first-order chi connectivity index (χ1) is 10.8. The summed E-state index contributed by atoms with van der Waals surface area (Å²) in [6, 6.07) is 20.3. The van der Waals surface area contributed by atoms with Crippen molar-refractivity contribution < 1.29 is 4.79 Å². The van der Waals surface area contributed by atoms with Crippen LogP contribution in [0.5, 0.6) is 0 Å². The van der Waals surface area contributed by atoms with E-state index in [1.54, 1.807) is 0 Å². The van der Waals surface area contributed by atoms with E-state index in [9.17, 15) is 4.79 Å². The Morgan fingerprint density at radius 1 is 0.864 bits per heavy atom. The van der Waals surface area contributed by atoms with Crippen LogP contribution >= 0.6 is 15.9 Å². The summed E-state index contributed by atoms with van der Waals surface area (Å²) in [6.45, 7) is 0. The van der Waals surface area contributed by atoms with Gasteiger partial charge in [-0.15, -0.1) is 0 Å². The average molecular weight is 351 g/mol. The van der Waals surface area contributed by atoms with E-state index in [1.807, 2.05) is 36.4 Å². The second kappa shape index (κ2) is 5.36. The molecule has 4 rings (SSSR count). The van der Waals surface area contributed by atoms with Crippen LogP contribution in [0.15, 0.2) is 60.7 Å². The minimum Gasteiger partial charge on any atom is -0.293 e. The Hall–Kier alpha value is -1.93. The lowest BCUT2D eigenvalue weighted by atomic mass is 9.95. The van der Waals surface area contributed by atoms with Crippen LogP contribution in [0.1, 0.15) is 31.9 Å². The van der Waals surface area contributed by atoms with Crippen LogP contribution in [-0.2, 0) is 12.8 Å². The maximum absolute atomic E-state index is 13.0. The summed E-state index contributed by atoms with van der Waals surface area (Å²) in [5.41, 5.74) is 4.55. The normalized spacial score (nSPS) is 14.2. The number of carbonyl (C=O) groups is 1. The molecule has 0 spiro atoms. The van der Waals surface area contributed by atoms with E-state index < -0.39 is 0 Å². The second-order valence-corrected chi connectivity index (χ2v) is 6.67. The van der Waals surface area contributed by atoms with Crippen LogP contribution in [0.4, 0.5) is 0 Å². The third kappa shape index (κ3) is 2.10. The summed E-state index contributed by atoms with van der Waals surface area (Å²) in [5, 5.41) is 2.39. The molecule has 0 aromatic heterocycles. The van der Waals surface area contributed by atoms with Gasteiger partial charge in [-0.05, 0) is 40.3 Å². The van der Waals surface area contributed by atoms with Crippen molar-refractivity contribution in [3.8, 4) is 0 Å². The van der Waals surface area contributed by atoms with Gasteiger partial charge in [0.15, 0.2) is 5.78 Å².